The molecule has 130 valence electrons. The molecule has 0 amide bonds. The molecule has 0 aromatic carbocycles. The third-order valence-electron chi connectivity index (χ3n) is 3.92. The van der Waals surface area contributed by atoms with Crippen LogP contribution in [0, 0.1) is 0 Å². The largest absolute Gasteiger partial charge is 0.394 e. The average molecular weight is 326 g/mol. The van der Waals surface area contributed by atoms with Gasteiger partial charge in [0, 0.05) is 0 Å². The first-order valence-corrected chi connectivity index (χ1v) is 6.95. The SMILES string of the molecule is OCC1OC[C@H](O[C@H]2OC(CO)[C@@H](O)C(O)[C@H]2O)C(O)[C@@H]1O. The van der Waals surface area contributed by atoms with E-state index in [1.165, 1.54) is 0 Å². The molecule has 9 atom stereocenters. The quantitative estimate of drug-likeness (QED) is 0.266. The van der Waals surface area contributed by atoms with Gasteiger partial charge in [0.1, 0.15) is 48.8 Å². The number of ether oxygens (including phenoxy) is 3. The zero-order valence-electron chi connectivity index (χ0n) is 11.7. The van der Waals surface area contributed by atoms with Crippen molar-refractivity contribution in [2.45, 2.75) is 55.1 Å². The van der Waals surface area contributed by atoms with Gasteiger partial charge in [-0.15, -0.1) is 0 Å². The van der Waals surface area contributed by atoms with Gasteiger partial charge in [-0.2, -0.15) is 0 Å². The first-order chi connectivity index (χ1) is 10.4. The Morgan fingerprint density at radius 2 is 1.36 bits per heavy atom. The van der Waals surface area contributed by atoms with Gasteiger partial charge < -0.3 is 50.0 Å². The molecule has 2 rings (SSSR count). The van der Waals surface area contributed by atoms with Crippen molar-refractivity contribution in [3.05, 3.63) is 0 Å². The minimum absolute atomic E-state index is 0.182. The van der Waals surface area contributed by atoms with Crippen LogP contribution >= 0.6 is 0 Å². The van der Waals surface area contributed by atoms with Crippen molar-refractivity contribution in [2.75, 3.05) is 19.8 Å². The van der Waals surface area contributed by atoms with E-state index in [0.717, 1.165) is 0 Å². The van der Waals surface area contributed by atoms with Gasteiger partial charge in [0.15, 0.2) is 6.29 Å². The molecule has 2 heterocycles. The van der Waals surface area contributed by atoms with Crippen molar-refractivity contribution < 1.29 is 50.0 Å². The van der Waals surface area contributed by atoms with E-state index < -0.39 is 68.3 Å². The monoisotopic (exact) mass is 326 g/mol. The van der Waals surface area contributed by atoms with Crippen molar-refractivity contribution in [2.24, 2.45) is 0 Å². The Labute approximate surface area is 126 Å². The van der Waals surface area contributed by atoms with Gasteiger partial charge in [0.05, 0.1) is 19.8 Å². The van der Waals surface area contributed by atoms with Gasteiger partial charge >= 0.3 is 0 Å². The summed E-state index contributed by atoms with van der Waals surface area (Å²) in [5.41, 5.74) is 0. The Kier molecular flexibility index (Phi) is 6.07. The van der Waals surface area contributed by atoms with Crippen LogP contribution < -0.4 is 0 Å². The minimum Gasteiger partial charge on any atom is -0.394 e. The first-order valence-electron chi connectivity index (χ1n) is 6.95. The predicted octanol–water partition coefficient (Wildman–Crippen LogP) is -4.72. The zero-order chi connectivity index (χ0) is 16.4. The van der Waals surface area contributed by atoms with E-state index in [2.05, 4.69) is 0 Å². The van der Waals surface area contributed by atoms with Crippen molar-refractivity contribution >= 4 is 0 Å². The lowest BCUT2D eigenvalue weighted by Gasteiger charge is -2.43. The lowest BCUT2D eigenvalue weighted by Crippen LogP contribution is -2.62. The van der Waals surface area contributed by atoms with E-state index >= 15 is 0 Å². The standard InChI is InChI=1S/C12H22O10/c13-1-4-7(15)9(17)6(3-20-4)22-12-11(19)10(18)8(16)5(2-14)21-12/h4-19H,1-3H2/t4?,5?,6-,7+,8+,9?,10?,11+,12+/m0/s1. The molecule has 0 saturated carbocycles. The maximum atomic E-state index is 9.93. The summed E-state index contributed by atoms with van der Waals surface area (Å²) in [7, 11) is 0. The van der Waals surface area contributed by atoms with Gasteiger partial charge in [-0.25, -0.2) is 0 Å². The summed E-state index contributed by atoms with van der Waals surface area (Å²) in [6.07, 6.45) is -12.1. The summed E-state index contributed by atoms with van der Waals surface area (Å²) in [6, 6.07) is 0. The molecule has 2 aliphatic heterocycles. The summed E-state index contributed by atoms with van der Waals surface area (Å²) in [4.78, 5) is 0. The Bertz CT molecular complexity index is 353. The fraction of sp³-hybridized carbons (Fsp3) is 1.00. The highest BCUT2D eigenvalue weighted by molar-refractivity contribution is 4.92. The maximum absolute atomic E-state index is 9.93. The van der Waals surface area contributed by atoms with Gasteiger partial charge in [-0.05, 0) is 0 Å². The number of rotatable bonds is 4. The lowest BCUT2D eigenvalue weighted by atomic mass is 9.98. The van der Waals surface area contributed by atoms with Crippen LogP contribution in [-0.2, 0) is 14.2 Å². The van der Waals surface area contributed by atoms with Crippen molar-refractivity contribution in [3.8, 4) is 0 Å². The fourth-order valence-electron chi connectivity index (χ4n) is 2.49. The van der Waals surface area contributed by atoms with E-state index in [1.54, 1.807) is 0 Å². The maximum Gasteiger partial charge on any atom is 0.187 e. The normalized spacial score (nSPS) is 50.0. The fourth-order valence-corrected chi connectivity index (χ4v) is 2.49. The van der Waals surface area contributed by atoms with E-state index in [9.17, 15) is 25.5 Å². The van der Waals surface area contributed by atoms with Crippen LogP contribution in [0.4, 0.5) is 0 Å². The highest BCUT2D eigenvalue weighted by Gasteiger charge is 2.47. The van der Waals surface area contributed by atoms with E-state index in [4.69, 9.17) is 24.4 Å². The van der Waals surface area contributed by atoms with Crippen molar-refractivity contribution in [1.82, 2.24) is 0 Å². The van der Waals surface area contributed by atoms with Crippen molar-refractivity contribution in [3.63, 3.8) is 0 Å². The predicted molar refractivity (Wildman–Crippen MR) is 67.5 cm³/mol. The van der Waals surface area contributed by atoms with E-state index in [1.807, 2.05) is 0 Å². The van der Waals surface area contributed by atoms with Crippen LogP contribution in [0.2, 0.25) is 0 Å². The molecular formula is C12H22O10. The summed E-state index contributed by atoms with van der Waals surface area (Å²) < 4.78 is 15.6. The molecular weight excluding hydrogens is 304 g/mol. The third kappa shape index (κ3) is 3.41. The van der Waals surface area contributed by atoms with E-state index in [0.29, 0.717) is 0 Å². The molecule has 0 bridgehead atoms. The van der Waals surface area contributed by atoms with Crippen LogP contribution in [-0.4, -0.2) is 111 Å². The number of aliphatic hydroxyl groups excluding tert-OH is 7. The molecule has 2 fully saturated rings. The Balaban J connectivity index is 2.00. The molecule has 0 aliphatic carbocycles. The van der Waals surface area contributed by atoms with Crippen LogP contribution in [0.1, 0.15) is 0 Å². The molecule has 10 heteroatoms. The average Bonchev–Trinajstić information content (AvgIpc) is 2.52. The first kappa shape index (κ1) is 17.9. The Hall–Kier alpha value is -0.400. The summed E-state index contributed by atoms with van der Waals surface area (Å²) >= 11 is 0. The Morgan fingerprint density at radius 3 is 1.95 bits per heavy atom. The summed E-state index contributed by atoms with van der Waals surface area (Å²) in [6.45, 7) is -1.27. The second-order valence-corrected chi connectivity index (χ2v) is 5.41. The molecule has 0 aromatic rings. The van der Waals surface area contributed by atoms with Gasteiger partial charge in [-0.1, -0.05) is 0 Å². The van der Waals surface area contributed by atoms with Gasteiger partial charge in [-0.3, -0.25) is 0 Å². The van der Waals surface area contributed by atoms with Crippen molar-refractivity contribution in [1.29, 1.82) is 0 Å². The topological polar surface area (TPSA) is 169 Å². The molecule has 4 unspecified atom stereocenters. The van der Waals surface area contributed by atoms with Crippen LogP contribution in [0.3, 0.4) is 0 Å². The molecule has 2 saturated heterocycles. The van der Waals surface area contributed by atoms with Crippen LogP contribution in [0.5, 0.6) is 0 Å². The van der Waals surface area contributed by atoms with Crippen LogP contribution in [0.15, 0.2) is 0 Å². The molecule has 2 aliphatic rings. The summed E-state index contributed by atoms with van der Waals surface area (Å²) in [5, 5.41) is 66.9. The number of hydrogen-bond acceptors (Lipinski definition) is 10. The van der Waals surface area contributed by atoms with Gasteiger partial charge in [0.25, 0.3) is 0 Å². The molecule has 0 radical (unpaired) electrons. The zero-order valence-corrected chi connectivity index (χ0v) is 11.7. The second kappa shape index (κ2) is 7.45. The molecule has 0 aromatic heterocycles. The third-order valence-corrected chi connectivity index (χ3v) is 3.92. The smallest absolute Gasteiger partial charge is 0.187 e. The molecule has 7 N–H and O–H groups in total. The van der Waals surface area contributed by atoms with E-state index in [-0.39, 0.29) is 6.61 Å². The number of hydrogen-bond donors (Lipinski definition) is 7. The Morgan fingerprint density at radius 1 is 0.773 bits per heavy atom. The molecule has 0 spiro atoms. The highest BCUT2D eigenvalue weighted by atomic mass is 16.7. The second-order valence-electron chi connectivity index (χ2n) is 5.41. The van der Waals surface area contributed by atoms with Crippen LogP contribution in [0.25, 0.3) is 0 Å². The lowest BCUT2D eigenvalue weighted by molar-refractivity contribution is -0.331. The molecule has 22 heavy (non-hydrogen) atoms. The highest BCUT2D eigenvalue weighted by Crippen LogP contribution is 2.26. The molecule has 10 nitrogen and oxygen atoms in total. The summed E-state index contributed by atoms with van der Waals surface area (Å²) in [5.74, 6) is 0. The van der Waals surface area contributed by atoms with Gasteiger partial charge in [0.2, 0.25) is 0 Å². The minimum atomic E-state index is -1.61. The number of aliphatic hydroxyl groups is 7.